The maximum Gasteiger partial charge on any atom is 0.325 e. The standard InChI is InChI=1S/C12H19N3O5/c1-7(2)14(6-9(17)18)8(16)5-15-10(19)12(3,4)13-11(15)20/h7H,5-6H2,1-4H3,(H,13,20)(H,17,18). The molecule has 20 heavy (non-hydrogen) atoms. The Kier molecular flexibility index (Phi) is 4.36. The molecule has 0 radical (unpaired) electrons. The number of hydrogen-bond acceptors (Lipinski definition) is 4. The smallest absolute Gasteiger partial charge is 0.325 e. The zero-order chi connectivity index (χ0) is 15.7. The lowest BCUT2D eigenvalue weighted by atomic mass is 10.1. The first-order valence-electron chi connectivity index (χ1n) is 6.21. The largest absolute Gasteiger partial charge is 0.480 e. The van der Waals surface area contributed by atoms with Gasteiger partial charge in [-0.15, -0.1) is 0 Å². The van der Waals surface area contributed by atoms with Crippen molar-refractivity contribution in [1.82, 2.24) is 15.1 Å². The summed E-state index contributed by atoms with van der Waals surface area (Å²) in [6.07, 6.45) is 0. The van der Waals surface area contributed by atoms with E-state index in [0.717, 1.165) is 9.80 Å². The van der Waals surface area contributed by atoms with Crippen LogP contribution in [-0.2, 0) is 14.4 Å². The second-order valence-corrected chi connectivity index (χ2v) is 5.46. The molecule has 0 spiro atoms. The van der Waals surface area contributed by atoms with Crippen molar-refractivity contribution in [2.24, 2.45) is 0 Å². The quantitative estimate of drug-likeness (QED) is 0.671. The van der Waals surface area contributed by atoms with Gasteiger partial charge in [0, 0.05) is 6.04 Å². The number of imide groups is 1. The van der Waals surface area contributed by atoms with Crippen LogP contribution in [0, 0.1) is 0 Å². The van der Waals surface area contributed by atoms with Crippen molar-refractivity contribution in [3.8, 4) is 0 Å². The van der Waals surface area contributed by atoms with Gasteiger partial charge in [-0.2, -0.15) is 0 Å². The lowest BCUT2D eigenvalue weighted by Gasteiger charge is -2.26. The Morgan fingerprint density at radius 1 is 1.35 bits per heavy atom. The highest BCUT2D eigenvalue weighted by atomic mass is 16.4. The van der Waals surface area contributed by atoms with Gasteiger partial charge in [0.15, 0.2) is 0 Å². The van der Waals surface area contributed by atoms with Crippen molar-refractivity contribution in [3.05, 3.63) is 0 Å². The Bertz CT molecular complexity index is 458. The van der Waals surface area contributed by atoms with Gasteiger partial charge in [-0.05, 0) is 27.7 Å². The van der Waals surface area contributed by atoms with E-state index >= 15 is 0 Å². The predicted molar refractivity (Wildman–Crippen MR) is 68.8 cm³/mol. The zero-order valence-electron chi connectivity index (χ0n) is 12.0. The molecule has 1 saturated heterocycles. The first kappa shape index (κ1) is 15.9. The molecule has 4 amide bonds. The van der Waals surface area contributed by atoms with Crippen LogP contribution in [0.5, 0.6) is 0 Å². The molecule has 0 aromatic heterocycles. The highest BCUT2D eigenvalue weighted by molar-refractivity contribution is 6.08. The lowest BCUT2D eigenvalue weighted by Crippen LogP contribution is -2.48. The summed E-state index contributed by atoms with van der Waals surface area (Å²) in [5.74, 6) is -2.23. The molecule has 0 saturated carbocycles. The number of carbonyl (C=O) groups excluding carboxylic acids is 3. The van der Waals surface area contributed by atoms with E-state index in [-0.39, 0.29) is 6.04 Å². The zero-order valence-corrected chi connectivity index (χ0v) is 12.0. The molecule has 0 aromatic rings. The topological polar surface area (TPSA) is 107 Å². The van der Waals surface area contributed by atoms with Crippen molar-refractivity contribution in [1.29, 1.82) is 0 Å². The molecule has 0 aromatic carbocycles. The number of hydrogen-bond donors (Lipinski definition) is 2. The average Bonchev–Trinajstić information content (AvgIpc) is 2.47. The Labute approximate surface area is 116 Å². The van der Waals surface area contributed by atoms with E-state index in [4.69, 9.17) is 5.11 Å². The van der Waals surface area contributed by atoms with E-state index in [1.54, 1.807) is 13.8 Å². The molecule has 112 valence electrons. The van der Waals surface area contributed by atoms with Crippen molar-refractivity contribution < 1.29 is 24.3 Å². The van der Waals surface area contributed by atoms with E-state index in [1.807, 2.05) is 0 Å². The second-order valence-electron chi connectivity index (χ2n) is 5.46. The van der Waals surface area contributed by atoms with Gasteiger partial charge in [-0.1, -0.05) is 0 Å². The molecular formula is C12H19N3O5. The van der Waals surface area contributed by atoms with Gasteiger partial charge >= 0.3 is 12.0 Å². The van der Waals surface area contributed by atoms with Crippen LogP contribution in [0.2, 0.25) is 0 Å². The maximum atomic E-state index is 12.1. The number of rotatable bonds is 5. The minimum absolute atomic E-state index is 0.340. The molecule has 1 aliphatic heterocycles. The molecule has 2 N–H and O–H groups in total. The average molecular weight is 285 g/mol. The Hall–Kier alpha value is -2.12. The van der Waals surface area contributed by atoms with Gasteiger partial charge < -0.3 is 15.3 Å². The summed E-state index contributed by atoms with van der Waals surface area (Å²) in [5.41, 5.74) is -1.05. The predicted octanol–water partition coefficient (Wildman–Crippen LogP) is -0.362. The highest BCUT2D eigenvalue weighted by Gasteiger charge is 2.45. The fraction of sp³-hybridized carbons (Fsp3) is 0.667. The number of aliphatic carboxylic acids is 1. The molecule has 0 atom stereocenters. The molecular weight excluding hydrogens is 266 g/mol. The van der Waals surface area contributed by atoms with E-state index in [2.05, 4.69) is 5.32 Å². The SMILES string of the molecule is CC(C)N(CC(=O)O)C(=O)CN1C(=O)NC(C)(C)C1=O. The summed E-state index contributed by atoms with van der Waals surface area (Å²) in [7, 11) is 0. The first-order valence-corrected chi connectivity index (χ1v) is 6.21. The van der Waals surface area contributed by atoms with Crippen LogP contribution in [0.3, 0.4) is 0 Å². The molecule has 8 nitrogen and oxygen atoms in total. The molecule has 0 bridgehead atoms. The molecule has 1 rings (SSSR count). The monoisotopic (exact) mass is 285 g/mol. The fourth-order valence-electron chi connectivity index (χ4n) is 1.89. The summed E-state index contributed by atoms with van der Waals surface area (Å²) in [4.78, 5) is 48.3. The van der Waals surface area contributed by atoms with Crippen molar-refractivity contribution >= 4 is 23.8 Å². The van der Waals surface area contributed by atoms with E-state index in [9.17, 15) is 19.2 Å². The van der Waals surface area contributed by atoms with Crippen LogP contribution in [0.25, 0.3) is 0 Å². The summed E-state index contributed by atoms with van der Waals surface area (Å²) in [6.45, 7) is 5.47. The van der Waals surface area contributed by atoms with Crippen LogP contribution < -0.4 is 5.32 Å². The normalized spacial score (nSPS) is 17.4. The Morgan fingerprint density at radius 3 is 2.25 bits per heavy atom. The summed E-state index contributed by atoms with van der Waals surface area (Å²) >= 11 is 0. The summed E-state index contributed by atoms with van der Waals surface area (Å²) in [5, 5.41) is 11.2. The Balaban J connectivity index is 2.81. The van der Waals surface area contributed by atoms with Crippen molar-refractivity contribution in [3.63, 3.8) is 0 Å². The molecule has 8 heteroatoms. The molecule has 1 fully saturated rings. The van der Waals surface area contributed by atoms with Crippen LogP contribution in [-0.4, -0.2) is 63.4 Å². The number of amides is 4. The highest BCUT2D eigenvalue weighted by Crippen LogP contribution is 2.16. The maximum absolute atomic E-state index is 12.1. The second kappa shape index (κ2) is 5.48. The molecule has 0 aliphatic carbocycles. The van der Waals surface area contributed by atoms with Gasteiger partial charge in [0.05, 0.1) is 0 Å². The van der Waals surface area contributed by atoms with E-state index < -0.39 is 42.4 Å². The number of carboxylic acid groups (broad SMARTS) is 1. The fourth-order valence-corrected chi connectivity index (χ4v) is 1.89. The number of carboxylic acids is 1. The van der Waals surface area contributed by atoms with Crippen LogP contribution in [0.4, 0.5) is 4.79 Å². The number of nitrogens with one attached hydrogen (secondary N) is 1. The first-order chi connectivity index (χ1) is 9.06. The summed E-state index contributed by atoms with van der Waals surface area (Å²) in [6, 6.07) is -0.986. The third-order valence-corrected chi connectivity index (χ3v) is 2.99. The summed E-state index contributed by atoms with van der Waals surface area (Å²) < 4.78 is 0. The van der Waals surface area contributed by atoms with Gasteiger partial charge in [0.25, 0.3) is 5.91 Å². The number of urea groups is 1. The third kappa shape index (κ3) is 3.25. The van der Waals surface area contributed by atoms with Gasteiger partial charge in [0.2, 0.25) is 5.91 Å². The number of carbonyl (C=O) groups is 4. The van der Waals surface area contributed by atoms with Crippen LogP contribution >= 0.6 is 0 Å². The van der Waals surface area contributed by atoms with E-state index in [1.165, 1.54) is 13.8 Å². The van der Waals surface area contributed by atoms with Crippen molar-refractivity contribution in [2.45, 2.75) is 39.3 Å². The van der Waals surface area contributed by atoms with Crippen LogP contribution in [0.15, 0.2) is 0 Å². The molecule has 1 aliphatic rings. The number of nitrogens with zero attached hydrogens (tertiary/aromatic N) is 2. The molecule has 1 heterocycles. The third-order valence-electron chi connectivity index (χ3n) is 2.99. The minimum atomic E-state index is -1.15. The minimum Gasteiger partial charge on any atom is -0.480 e. The lowest BCUT2D eigenvalue weighted by molar-refractivity contribution is -0.147. The van der Waals surface area contributed by atoms with Crippen molar-refractivity contribution in [2.75, 3.05) is 13.1 Å². The van der Waals surface area contributed by atoms with Gasteiger partial charge in [-0.25, -0.2) is 4.79 Å². The Morgan fingerprint density at radius 2 is 1.90 bits per heavy atom. The van der Waals surface area contributed by atoms with Gasteiger partial charge in [0.1, 0.15) is 18.6 Å². The van der Waals surface area contributed by atoms with Crippen LogP contribution in [0.1, 0.15) is 27.7 Å². The molecule has 0 unspecified atom stereocenters. The van der Waals surface area contributed by atoms with Gasteiger partial charge in [-0.3, -0.25) is 19.3 Å². The van der Waals surface area contributed by atoms with E-state index in [0.29, 0.717) is 0 Å².